The zero-order valence-corrected chi connectivity index (χ0v) is 21.7. The molecule has 0 bridgehead atoms. The van der Waals surface area contributed by atoms with Gasteiger partial charge in [-0.05, 0) is 81.0 Å². The van der Waals surface area contributed by atoms with Gasteiger partial charge in [-0.3, -0.25) is 9.69 Å². The van der Waals surface area contributed by atoms with E-state index < -0.39 is 0 Å². The summed E-state index contributed by atoms with van der Waals surface area (Å²) in [7, 11) is 0. The Kier molecular flexibility index (Phi) is 7.86. The summed E-state index contributed by atoms with van der Waals surface area (Å²) in [6.07, 6.45) is 8.06. The molecule has 7 heteroatoms. The molecule has 1 aliphatic carbocycles. The van der Waals surface area contributed by atoms with Gasteiger partial charge in [0.2, 0.25) is 0 Å². The number of hydrogen-bond donors (Lipinski definition) is 2. The Morgan fingerprint density at radius 2 is 1.80 bits per heavy atom. The molecule has 0 atom stereocenters. The second kappa shape index (κ2) is 11.2. The molecule has 1 amide bonds. The highest BCUT2D eigenvalue weighted by atomic mass is 35.5. The fourth-order valence-electron chi connectivity index (χ4n) is 5.44. The molecular formula is C28H34Cl2N4O. The minimum Gasteiger partial charge on any atom is -0.368 e. The Balaban J connectivity index is 1.05. The first-order valence-electron chi connectivity index (χ1n) is 12.9. The van der Waals surface area contributed by atoms with E-state index in [2.05, 4.69) is 32.2 Å². The lowest BCUT2D eigenvalue weighted by molar-refractivity contribution is 0.0952. The zero-order chi connectivity index (χ0) is 24.2. The number of rotatable bonds is 7. The van der Waals surface area contributed by atoms with Crippen molar-refractivity contribution in [3.05, 3.63) is 63.3 Å². The number of anilines is 1. The highest BCUT2D eigenvalue weighted by Gasteiger charge is 2.20. The fraction of sp³-hybridized carbons (Fsp3) is 0.464. The first-order valence-corrected chi connectivity index (χ1v) is 13.7. The lowest BCUT2D eigenvalue weighted by Crippen LogP contribution is -2.46. The van der Waals surface area contributed by atoms with Crippen LogP contribution in [0.15, 0.2) is 36.4 Å². The van der Waals surface area contributed by atoms with E-state index in [1.807, 2.05) is 24.3 Å². The van der Waals surface area contributed by atoms with Gasteiger partial charge in [-0.1, -0.05) is 35.7 Å². The van der Waals surface area contributed by atoms with Gasteiger partial charge in [0.1, 0.15) is 0 Å². The van der Waals surface area contributed by atoms with Crippen LogP contribution in [0.5, 0.6) is 0 Å². The van der Waals surface area contributed by atoms with E-state index in [9.17, 15) is 4.79 Å². The van der Waals surface area contributed by atoms with Gasteiger partial charge in [0.05, 0.1) is 15.7 Å². The van der Waals surface area contributed by atoms with Crippen molar-refractivity contribution in [2.45, 2.75) is 44.9 Å². The van der Waals surface area contributed by atoms with Gasteiger partial charge in [0.25, 0.3) is 5.91 Å². The third kappa shape index (κ3) is 5.63. The molecule has 1 aromatic heterocycles. The fourth-order valence-corrected chi connectivity index (χ4v) is 5.85. The Morgan fingerprint density at radius 1 is 0.971 bits per heavy atom. The maximum Gasteiger partial charge on any atom is 0.251 e. The molecule has 0 saturated carbocycles. The number of fused-ring (bicyclic) bond motifs is 3. The molecule has 2 heterocycles. The van der Waals surface area contributed by atoms with E-state index in [0.29, 0.717) is 16.6 Å². The minimum atomic E-state index is 0.0301. The van der Waals surface area contributed by atoms with Gasteiger partial charge in [0, 0.05) is 54.9 Å². The van der Waals surface area contributed by atoms with Gasteiger partial charge < -0.3 is 15.2 Å². The highest BCUT2D eigenvalue weighted by molar-refractivity contribution is 6.43. The summed E-state index contributed by atoms with van der Waals surface area (Å²) in [5, 5.41) is 5.60. The monoisotopic (exact) mass is 512 g/mol. The molecule has 5 rings (SSSR count). The number of piperazine rings is 1. The van der Waals surface area contributed by atoms with Crippen LogP contribution >= 0.6 is 23.2 Å². The third-order valence-electron chi connectivity index (χ3n) is 7.44. The van der Waals surface area contributed by atoms with Crippen LogP contribution < -0.4 is 10.2 Å². The summed E-state index contributed by atoms with van der Waals surface area (Å²) < 4.78 is 0. The van der Waals surface area contributed by atoms with Crippen LogP contribution in [0.1, 0.15) is 53.7 Å². The Morgan fingerprint density at radius 3 is 2.66 bits per heavy atom. The normalized spacial score (nSPS) is 16.8. The number of benzene rings is 2. The topological polar surface area (TPSA) is 51.4 Å². The number of unbranched alkanes of at least 4 members (excludes halogenated alkanes) is 1. The Labute approximate surface area is 217 Å². The SMILES string of the molecule is O=C(NCCCCN1CCN(c2cccc(Cl)c2Cl)CC1)c1ccc2[nH]c3c(c2c1)CCCCC3. The van der Waals surface area contributed by atoms with Gasteiger partial charge in [-0.2, -0.15) is 0 Å². The summed E-state index contributed by atoms with van der Waals surface area (Å²) in [6, 6.07) is 11.9. The molecule has 186 valence electrons. The number of nitrogens with zero attached hydrogens (tertiary/aromatic N) is 2. The first-order chi connectivity index (χ1) is 17.1. The van der Waals surface area contributed by atoms with E-state index in [-0.39, 0.29) is 5.91 Å². The molecule has 0 radical (unpaired) electrons. The highest BCUT2D eigenvalue weighted by Crippen LogP contribution is 2.33. The molecule has 1 saturated heterocycles. The summed E-state index contributed by atoms with van der Waals surface area (Å²) >= 11 is 12.6. The molecule has 0 spiro atoms. The molecule has 2 aliphatic rings. The predicted molar refractivity (Wildman–Crippen MR) is 146 cm³/mol. The maximum atomic E-state index is 12.8. The number of aryl methyl sites for hydroxylation is 2. The van der Waals surface area contributed by atoms with E-state index in [0.717, 1.165) is 75.2 Å². The maximum absolute atomic E-state index is 12.8. The molecule has 0 unspecified atom stereocenters. The summed E-state index contributed by atoms with van der Waals surface area (Å²) in [6.45, 7) is 5.67. The lowest BCUT2D eigenvalue weighted by Gasteiger charge is -2.36. The number of H-pyrrole nitrogens is 1. The minimum absolute atomic E-state index is 0.0301. The van der Waals surface area contributed by atoms with Crippen LogP contribution in [0.4, 0.5) is 5.69 Å². The van der Waals surface area contributed by atoms with Gasteiger partial charge in [-0.25, -0.2) is 0 Å². The average Bonchev–Trinajstić information content (AvgIpc) is 3.05. The van der Waals surface area contributed by atoms with E-state index in [4.69, 9.17) is 23.2 Å². The van der Waals surface area contributed by atoms with Crippen molar-refractivity contribution in [1.82, 2.24) is 15.2 Å². The number of amides is 1. The Hall–Kier alpha value is -2.21. The number of aromatic nitrogens is 1. The van der Waals surface area contributed by atoms with Crippen molar-refractivity contribution in [1.29, 1.82) is 0 Å². The largest absolute Gasteiger partial charge is 0.368 e. The van der Waals surface area contributed by atoms with E-state index >= 15 is 0 Å². The molecule has 1 fully saturated rings. The van der Waals surface area contributed by atoms with Crippen molar-refractivity contribution in [2.24, 2.45) is 0 Å². The molecule has 1 aliphatic heterocycles. The zero-order valence-electron chi connectivity index (χ0n) is 20.2. The predicted octanol–water partition coefficient (Wildman–Crippen LogP) is 6.08. The van der Waals surface area contributed by atoms with Crippen molar-refractivity contribution in [3.8, 4) is 0 Å². The number of carbonyl (C=O) groups excluding carboxylic acids is 1. The summed E-state index contributed by atoms with van der Waals surface area (Å²) in [5.74, 6) is 0.0301. The smallest absolute Gasteiger partial charge is 0.251 e. The van der Waals surface area contributed by atoms with Gasteiger partial charge >= 0.3 is 0 Å². The van der Waals surface area contributed by atoms with Crippen LogP contribution in [0, 0.1) is 0 Å². The average molecular weight is 514 g/mol. The van der Waals surface area contributed by atoms with Gasteiger partial charge in [0.15, 0.2) is 0 Å². The van der Waals surface area contributed by atoms with Crippen molar-refractivity contribution < 1.29 is 4.79 Å². The number of aromatic amines is 1. The molecule has 2 N–H and O–H groups in total. The number of carbonyl (C=O) groups is 1. The molecular weight excluding hydrogens is 479 g/mol. The van der Waals surface area contributed by atoms with Crippen molar-refractivity contribution in [3.63, 3.8) is 0 Å². The summed E-state index contributed by atoms with van der Waals surface area (Å²) in [5.41, 5.74) is 5.73. The molecule has 3 aromatic rings. The van der Waals surface area contributed by atoms with Crippen LogP contribution in [0.25, 0.3) is 10.9 Å². The number of nitrogens with one attached hydrogen (secondary N) is 2. The Bertz CT molecular complexity index is 1180. The number of hydrogen-bond acceptors (Lipinski definition) is 3. The second-order valence-electron chi connectivity index (χ2n) is 9.77. The van der Waals surface area contributed by atoms with Crippen LogP contribution in [0.2, 0.25) is 10.0 Å². The van der Waals surface area contributed by atoms with Crippen molar-refractivity contribution in [2.75, 3.05) is 44.2 Å². The van der Waals surface area contributed by atoms with E-state index in [1.54, 1.807) is 0 Å². The quantitative estimate of drug-likeness (QED) is 0.298. The summed E-state index contributed by atoms with van der Waals surface area (Å²) in [4.78, 5) is 21.2. The standard InChI is InChI=1S/C28H34Cl2N4O/c29-23-8-6-10-26(27(23)30)34-17-15-33(16-18-34)14-5-4-13-31-28(35)20-11-12-25-22(19-20)21-7-2-1-3-9-24(21)32-25/h6,8,10-12,19,32H,1-5,7,9,13-18H2,(H,31,35). The molecule has 35 heavy (non-hydrogen) atoms. The van der Waals surface area contributed by atoms with Crippen LogP contribution in [-0.4, -0.2) is 55.1 Å². The molecule has 2 aromatic carbocycles. The van der Waals surface area contributed by atoms with Gasteiger partial charge in [-0.15, -0.1) is 0 Å². The van der Waals surface area contributed by atoms with Crippen LogP contribution in [0.3, 0.4) is 0 Å². The lowest BCUT2D eigenvalue weighted by atomic mass is 10.0. The number of halogens is 2. The molecule has 5 nitrogen and oxygen atoms in total. The second-order valence-corrected chi connectivity index (χ2v) is 10.6. The third-order valence-corrected chi connectivity index (χ3v) is 8.25. The van der Waals surface area contributed by atoms with E-state index in [1.165, 1.54) is 35.9 Å². The van der Waals surface area contributed by atoms with Crippen LogP contribution in [-0.2, 0) is 12.8 Å². The first kappa shape index (κ1) is 24.5. The van der Waals surface area contributed by atoms with Crippen molar-refractivity contribution >= 4 is 45.7 Å².